The van der Waals surface area contributed by atoms with E-state index in [1.54, 1.807) is 11.3 Å². The molecule has 1 fully saturated rings. The summed E-state index contributed by atoms with van der Waals surface area (Å²) in [6.45, 7) is 4.33. The first kappa shape index (κ1) is 19.6. The third-order valence-electron chi connectivity index (χ3n) is 5.37. The molecule has 27 heavy (non-hydrogen) atoms. The molecule has 4 nitrogen and oxygen atoms in total. The summed E-state index contributed by atoms with van der Waals surface area (Å²) in [6.07, 6.45) is 5.07. The van der Waals surface area contributed by atoms with Crippen molar-refractivity contribution in [3.63, 3.8) is 0 Å². The van der Waals surface area contributed by atoms with Crippen LogP contribution < -0.4 is 10.6 Å². The molecule has 0 radical (unpaired) electrons. The van der Waals surface area contributed by atoms with Gasteiger partial charge in [0.1, 0.15) is 0 Å². The molecular formula is C22H28N2O2S. The van der Waals surface area contributed by atoms with Crippen LogP contribution in [0.1, 0.15) is 56.4 Å². The zero-order valence-electron chi connectivity index (χ0n) is 16.1. The molecule has 1 saturated carbocycles. The van der Waals surface area contributed by atoms with Gasteiger partial charge in [0.15, 0.2) is 0 Å². The Morgan fingerprint density at radius 2 is 1.78 bits per heavy atom. The van der Waals surface area contributed by atoms with Gasteiger partial charge in [-0.2, -0.15) is 0 Å². The summed E-state index contributed by atoms with van der Waals surface area (Å²) in [6, 6.07) is 11.9. The van der Waals surface area contributed by atoms with E-state index >= 15 is 0 Å². The summed E-state index contributed by atoms with van der Waals surface area (Å²) in [4.78, 5) is 26.3. The molecule has 1 aliphatic carbocycles. The molecule has 1 aromatic heterocycles. The lowest BCUT2D eigenvalue weighted by molar-refractivity contribution is -0.128. The average Bonchev–Trinajstić information content (AvgIpc) is 3.20. The molecule has 0 unspecified atom stereocenters. The van der Waals surface area contributed by atoms with Gasteiger partial charge in [0, 0.05) is 16.5 Å². The first-order valence-corrected chi connectivity index (χ1v) is 10.6. The van der Waals surface area contributed by atoms with Gasteiger partial charge in [0.25, 0.3) is 0 Å². The fraction of sp³-hybridized carbons (Fsp3) is 0.455. The number of benzene rings is 1. The highest BCUT2D eigenvalue weighted by molar-refractivity contribution is 7.09. The standard InChI is InChI=1S/C22H28N2O2S/c1-16(2)20(25)24-18-10-8-17(9-11-18)22(12-4-3-5-13-22)21(26)23-15-19-7-6-14-27-19/h6-11,14,16H,3-5,12-13,15H2,1-2H3,(H,23,26)(H,24,25). The van der Waals surface area contributed by atoms with Crippen molar-refractivity contribution in [1.82, 2.24) is 5.32 Å². The zero-order valence-corrected chi connectivity index (χ0v) is 16.9. The Bertz CT molecular complexity index is 760. The van der Waals surface area contributed by atoms with E-state index in [1.807, 2.05) is 55.6 Å². The summed E-state index contributed by atoms with van der Waals surface area (Å²) in [5, 5.41) is 8.11. The quantitative estimate of drug-likeness (QED) is 0.747. The second-order valence-electron chi connectivity index (χ2n) is 7.63. The van der Waals surface area contributed by atoms with Crippen molar-refractivity contribution in [3.8, 4) is 0 Å². The first-order chi connectivity index (χ1) is 13.0. The number of nitrogens with one attached hydrogen (secondary N) is 2. The minimum atomic E-state index is -0.462. The van der Waals surface area contributed by atoms with E-state index in [0.717, 1.165) is 36.9 Å². The van der Waals surface area contributed by atoms with Crippen LogP contribution in [0.5, 0.6) is 0 Å². The number of anilines is 1. The lowest BCUT2D eigenvalue weighted by atomic mass is 9.68. The van der Waals surface area contributed by atoms with Gasteiger partial charge < -0.3 is 10.6 Å². The first-order valence-electron chi connectivity index (χ1n) is 9.73. The van der Waals surface area contributed by atoms with Crippen LogP contribution in [-0.4, -0.2) is 11.8 Å². The highest BCUT2D eigenvalue weighted by atomic mass is 32.1. The van der Waals surface area contributed by atoms with Crippen LogP contribution in [0.3, 0.4) is 0 Å². The molecule has 0 aliphatic heterocycles. The number of amides is 2. The largest absolute Gasteiger partial charge is 0.350 e. The molecule has 0 saturated heterocycles. The maximum absolute atomic E-state index is 13.2. The Kier molecular flexibility index (Phi) is 6.32. The van der Waals surface area contributed by atoms with Gasteiger partial charge in [-0.05, 0) is 42.0 Å². The van der Waals surface area contributed by atoms with Crippen molar-refractivity contribution < 1.29 is 9.59 Å². The molecule has 0 bridgehead atoms. The van der Waals surface area contributed by atoms with Crippen molar-refractivity contribution in [1.29, 1.82) is 0 Å². The van der Waals surface area contributed by atoms with Crippen LogP contribution in [-0.2, 0) is 21.5 Å². The zero-order chi connectivity index (χ0) is 19.3. The minimum Gasteiger partial charge on any atom is -0.350 e. The van der Waals surface area contributed by atoms with E-state index in [9.17, 15) is 9.59 Å². The summed E-state index contributed by atoms with van der Waals surface area (Å²) in [5.74, 6) is 0.0655. The number of carbonyl (C=O) groups excluding carboxylic acids is 2. The lowest BCUT2D eigenvalue weighted by Gasteiger charge is -2.36. The van der Waals surface area contributed by atoms with Crippen molar-refractivity contribution in [2.75, 3.05) is 5.32 Å². The topological polar surface area (TPSA) is 58.2 Å². The third kappa shape index (κ3) is 4.59. The van der Waals surface area contributed by atoms with Crippen molar-refractivity contribution in [2.45, 2.75) is 57.9 Å². The van der Waals surface area contributed by atoms with Crippen molar-refractivity contribution >= 4 is 28.8 Å². The van der Waals surface area contributed by atoms with Crippen molar-refractivity contribution in [3.05, 3.63) is 52.2 Å². The van der Waals surface area contributed by atoms with E-state index in [1.165, 1.54) is 11.3 Å². The number of hydrogen-bond acceptors (Lipinski definition) is 3. The summed E-state index contributed by atoms with van der Waals surface area (Å²) in [7, 11) is 0. The van der Waals surface area contributed by atoms with Crippen LogP contribution in [0.25, 0.3) is 0 Å². The van der Waals surface area contributed by atoms with Crippen LogP contribution in [0.15, 0.2) is 41.8 Å². The van der Waals surface area contributed by atoms with E-state index in [0.29, 0.717) is 6.54 Å². The molecule has 1 aliphatic rings. The van der Waals surface area contributed by atoms with Crippen molar-refractivity contribution in [2.24, 2.45) is 5.92 Å². The molecule has 1 heterocycles. The summed E-state index contributed by atoms with van der Waals surface area (Å²) >= 11 is 1.66. The van der Waals surface area contributed by atoms with E-state index < -0.39 is 5.41 Å². The Morgan fingerprint density at radius 3 is 2.37 bits per heavy atom. The highest BCUT2D eigenvalue weighted by Gasteiger charge is 2.40. The minimum absolute atomic E-state index is 0.00354. The summed E-state index contributed by atoms with van der Waals surface area (Å²) < 4.78 is 0. The van der Waals surface area contributed by atoms with E-state index in [2.05, 4.69) is 10.6 Å². The Morgan fingerprint density at radius 1 is 1.07 bits per heavy atom. The predicted octanol–water partition coefficient (Wildman–Crippen LogP) is 4.86. The van der Waals surface area contributed by atoms with E-state index in [-0.39, 0.29) is 17.7 Å². The fourth-order valence-corrected chi connectivity index (χ4v) is 4.36. The molecule has 2 amide bonds. The normalized spacial score (nSPS) is 16.1. The smallest absolute Gasteiger partial charge is 0.230 e. The molecule has 144 valence electrons. The van der Waals surface area contributed by atoms with Gasteiger partial charge in [0.05, 0.1) is 12.0 Å². The van der Waals surface area contributed by atoms with Gasteiger partial charge in [-0.25, -0.2) is 0 Å². The molecule has 1 aromatic carbocycles. The van der Waals surface area contributed by atoms with Gasteiger partial charge in [-0.3, -0.25) is 9.59 Å². The number of hydrogen-bond donors (Lipinski definition) is 2. The lowest BCUT2D eigenvalue weighted by Crippen LogP contribution is -2.45. The van der Waals surface area contributed by atoms with Crippen LogP contribution in [0.2, 0.25) is 0 Å². The highest BCUT2D eigenvalue weighted by Crippen LogP contribution is 2.40. The maximum Gasteiger partial charge on any atom is 0.230 e. The fourth-order valence-electron chi connectivity index (χ4n) is 3.71. The Labute approximate surface area is 165 Å². The molecular weight excluding hydrogens is 356 g/mol. The number of carbonyl (C=O) groups is 2. The maximum atomic E-state index is 13.2. The van der Waals surface area contributed by atoms with Crippen LogP contribution >= 0.6 is 11.3 Å². The second kappa shape index (κ2) is 8.70. The van der Waals surface area contributed by atoms with Gasteiger partial charge >= 0.3 is 0 Å². The average molecular weight is 385 g/mol. The monoisotopic (exact) mass is 384 g/mol. The number of thiophene rings is 1. The predicted molar refractivity (Wildman–Crippen MR) is 111 cm³/mol. The third-order valence-corrected chi connectivity index (χ3v) is 6.25. The molecule has 5 heteroatoms. The van der Waals surface area contributed by atoms with Crippen LogP contribution in [0.4, 0.5) is 5.69 Å². The Balaban J connectivity index is 1.77. The van der Waals surface area contributed by atoms with Gasteiger partial charge in [-0.1, -0.05) is 51.3 Å². The molecule has 0 atom stereocenters. The van der Waals surface area contributed by atoms with Crippen LogP contribution in [0, 0.1) is 5.92 Å². The number of rotatable bonds is 6. The molecule has 0 spiro atoms. The SMILES string of the molecule is CC(C)C(=O)Nc1ccc(C2(C(=O)NCc3cccs3)CCCCC2)cc1. The van der Waals surface area contributed by atoms with Gasteiger partial charge in [-0.15, -0.1) is 11.3 Å². The molecule has 3 rings (SSSR count). The molecule has 2 aromatic rings. The Hall–Kier alpha value is -2.14. The van der Waals surface area contributed by atoms with E-state index in [4.69, 9.17) is 0 Å². The summed E-state index contributed by atoms with van der Waals surface area (Å²) in [5.41, 5.74) is 1.37. The second-order valence-corrected chi connectivity index (χ2v) is 8.66. The van der Waals surface area contributed by atoms with Gasteiger partial charge in [0.2, 0.25) is 11.8 Å². The molecule has 2 N–H and O–H groups in total.